The lowest BCUT2D eigenvalue weighted by Gasteiger charge is -2.10. The third-order valence-corrected chi connectivity index (χ3v) is 5.96. The van der Waals surface area contributed by atoms with Crippen molar-refractivity contribution in [1.82, 2.24) is 0 Å². The van der Waals surface area contributed by atoms with Crippen molar-refractivity contribution < 1.29 is 19.1 Å². The predicted molar refractivity (Wildman–Crippen MR) is 148 cm³/mol. The van der Waals surface area contributed by atoms with Crippen molar-refractivity contribution in [3.63, 3.8) is 0 Å². The third-order valence-electron chi connectivity index (χ3n) is 5.96. The molecule has 0 aliphatic carbocycles. The van der Waals surface area contributed by atoms with Crippen LogP contribution in [0.2, 0.25) is 0 Å². The van der Waals surface area contributed by atoms with Gasteiger partial charge < -0.3 is 20.1 Å². The highest BCUT2D eigenvalue weighted by molar-refractivity contribution is 6.43. The van der Waals surface area contributed by atoms with Crippen LogP contribution in [0.3, 0.4) is 0 Å². The average Bonchev–Trinajstić information content (AvgIpc) is 2.89. The lowest BCUT2D eigenvalue weighted by Crippen LogP contribution is -2.29. The first-order valence-corrected chi connectivity index (χ1v) is 13.7. The first-order valence-electron chi connectivity index (χ1n) is 13.7. The summed E-state index contributed by atoms with van der Waals surface area (Å²) in [5, 5.41) is 5.24. The zero-order valence-electron chi connectivity index (χ0n) is 22.2. The van der Waals surface area contributed by atoms with Gasteiger partial charge in [-0.1, -0.05) is 78.1 Å². The van der Waals surface area contributed by atoms with Crippen molar-refractivity contribution in [2.45, 2.75) is 90.9 Å². The molecule has 0 aliphatic rings. The van der Waals surface area contributed by atoms with Gasteiger partial charge >= 0.3 is 11.8 Å². The van der Waals surface area contributed by atoms with Crippen LogP contribution in [0.1, 0.15) is 90.9 Å². The molecule has 0 radical (unpaired) electrons. The van der Waals surface area contributed by atoms with E-state index in [-0.39, 0.29) is 0 Å². The van der Waals surface area contributed by atoms with Gasteiger partial charge in [0.05, 0.1) is 13.2 Å². The Hall–Kier alpha value is -3.02. The average molecular weight is 497 g/mol. The van der Waals surface area contributed by atoms with Gasteiger partial charge in [-0.2, -0.15) is 0 Å². The molecule has 36 heavy (non-hydrogen) atoms. The Morgan fingerprint density at radius 1 is 0.528 bits per heavy atom. The van der Waals surface area contributed by atoms with Crippen LogP contribution in [0.25, 0.3) is 0 Å². The zero-order valence-corrected chi connectivity index (χ0v) is 22.2. The highest BCUT2D eigenvalue weighted by Crippen LogP contribution is 2.18. The molecule has 2 rings (SSSR count). The zero-order chi connectivity index (χ0) is 25.8. The fourth-order valence-corrected chi connectivity index (χ4v) is 3.79. The fourth-order valence-electron chi connectivity index (χ4n) is 3.79. The Morgan fingerprint density at radius 3 is 1.22 bits per heavy atom. The Labute approximate surface area is 217 Å². The molecule has 0 saturated heterocycles. The van der Waals surface area contributed by atoms with E-state index in [4.69, 9.17) is 9.47 Å². The Morgan fingerprint density at radius 2 is 0.861 bits per heavy atom. The second-order valence-corrected chi connectivity index (χ2v) is 9.19. The number of hydrogen-bond acceptors (Lipinski definition) is 4. The van der Waals surface area contributed by atoms with Crippen molar-refractivity contribution in [3.05, 3.63) is 48.5 Å². The summed E-state index contributed by atoms with van der Waals surface area (Å²) in [6.07, 6.45) is 14.6. The van der Waals surface area contributed by atoms with Gasteiger partial charge in [0.25, 0.3) is 0 Å². The van der Waals surface area contributed by atoms with Crippen molar-refractivity contribution in [3.8, 4) is 11.5 Å². The first kappa shape index (κ1) is 29.2. The van der Waals surface area contributed by atoms with E-state index in [9.17, 15) is 9.59 Å². The standard InChI is InChI=1S/C30H44N2O4/c1-3-5-7-9-11-13-23-35-27-19-15-25(16-20-27)31-29(33)30(34)32-26-17-21-28(22-18-26)36-24-14-12-10-8-6-4-2/h15-22H,3-14,23-24H2,1-2H3,(H,31,33)(H,32,34). The minimum atomic E-state index is -0.723. The topological polar surface area (TPSA) is 76.7 Å². The number of nitrogens with one attached hydrogen (secondary N) is 2. The molecule has 0 heterocycles. The molecule has 198 valence electrons. The summed E-state index contributed by atoms with van der Waals surface area (Å²) in [6.45, 7) is 5.80. The maximum Gasteiger partial charge on any atom is 0.314 e. The lowest BCUT2D eigenvalue weighted by molar-refractivity contribution is -0.132. The SMILES string of the molecule is CCCCCCCCOc1ccc(NC(=O)C(=O)Nc2ccc(OCCCCCCCC)cc2)cc1. The third kappa shape index (κ3) is 12.6. The lowest BCUT2D eigenvalue weighted by atomic mass is 10.1. The van der Waals surface area contributed by atoms with E-state index in [1.807, 2.05) is 0 Å². The molecule has 2 amide bonds. The summed E-state index contributed by atoms with van der Waals surface area (Å²) in [5.41, 5.74) is 1.08. The monoisotopic (exact) mass is 496 g/mol. The van der Waals surface area contributed by atoms with Gasteiger partial charge in [-0.25, -0.2) is 0 Å². The normalized spacial score (nSPS) is 10.6. The Kier molecular flexibility index (Phi) is 14.8. The summed E-state index contributed by atoms with van der Waals surface area (Å²) < 4.78 is 11.5. The molecule has 2 aromatic carbocycles. The minimum absolute atomic E-state index is 0.542. The van der Waals surface area contributed by atoms with Gasteiger partial charge in [-0.15, -0.1) is 0 Å². The molecule has 6 heteroatoms. The molecular weight excluding hydrogens is 452 g/mol. The van der Waals surface area contributed by atoms with E-state index in [2.05, 4.69) is 24.5 Å². The van der Waals surface area contributed by atoms with Crippen molar-refractivity contribution in [1.29, 1.82) is 0 Å². The van der Waals surface area contributed by atoms with Crippen molar-refractivity contribution >= 4 is 23.2 Å². The molecule has 0 fully saturated rings. The van der Waals surface area contributed by atoms with E-state index < -0.39 is 11.8 Å². The van der Waals surface area contributed by atoms with Crippen LogP contribution in [-0.4, -0.2) is 25.0 Å². The molecule has 0 aromatic heterocycles. The largest absolute Gasteiger partial charge is 0.494 e. The number of carbonyl (C=O) groups excluding carboxylic acids is 2. The smallest absolute Gasteiger partial charge is 0.314 e. The van der Waals surface area contributed by atoms with Crippen LogP contribution >= 0.6 is 0 Å². The number of amides is 2. The summed E-state index contributed by atoms with van der Waals surface area (Å²) in [4.78, 5) is 24.6. The van der Waals surface area contributed by atoms with Gasteiger partial charge in [-0.05, 0) is 61.4 Å². The number of hydrogen-bond donors (Lipinski definition) is 2. The van der Waals surface area contributed by atoms with Gasteiger partial charge in [0, 0.05) is 11.4 Å². The van der Waals surface area contributed by atoms with E-state index in [1.165, 1.54) is 64.2 Å². The number of rotatable bonds is 18. The van der Waals surface area contributed by atoms with Gasteiger partial charge in [0.2, 0.25) is 0 Å². The number of ether oxygens (including phenoxy) is 2. The number of carbonyl (C=O) groups is 2. The molecule has 0 saturated carbocycles. The quantitative estimate of drug-likeness (QED) is 0.163. The summed E-state index contributed by atoms with van der Waals surface area (Å²) >= 11 is 0. The predicted octanol–water partition coefficient (Wildman–Crippen LogP) is 7.74. The summed E-state index contributed by atoms with van der Waals surface area (Å²) in [6, 6.07) is 14.1. The second-order valence-electron chi connectivity index (χ2n) is 9.19. The van der Waals surface area contributed by atoms with Crippen LogP contribution < -0.4 is 20.1 Å². The van der Waals surface area contributed by atoms with Gasteiger partial charge in [0.1, 0.15) is 11.5 Å². The summed E-state index contributed by atoms with van der Waals surface area (Å²) in [5.74, 6) is 0.0629. The molecule has 0 bridgehead atoms. The highest BCUT2D eigenvalue weighted by Gasteiger charge is 2.14. The second kappa shape index (κ2) is 18.3. The minimum Gasteiger partial charge on any atom is -0.494 e. The van der Waals surface area contributed by atoms with Crippen LogP contribution in [0.15, 0.2) is 48.5 Å². The number of unbranched alkanes of at least 4 members (excludes halogenated alkanes) is 10. The van der Waals surface area contributed by atoms with Gasteiger partial charge in [0.15, 0.2) is 0 Å². The summed E-state index contributed by atoms with van der Waals surface area (Å²) in [7, 11) is 0. The Balaban J connectivity index is 1.65. The number of anilines is 2. The molecular formula is C30H44N2O4. The molecule has 6 nitrogen and oxygen atoms in total. The van der Waals surface area contributed by atoms with Crippen LogP contribution in [0.4, 0.5) is 11.4 Å². The Bertz CT molecular complexity index is 792. The van der Waals surface area contributed by atoms with Gasteiger partial charge in [-0.3, -0.25) is 9.59 Å². The van der Waals surface area contributed by atoms with E-state index in [0.717, 1.165) is 24.3 Å². The van der Waals surface area contributed by atoms with Crippen LogP contribution in [0, 0.1) is 0 Å². The number of benzene rings is 2. The van der Waals surface area contributed by atoms with Crippen LogP contribution in [0.5, 0.6) is 11.5 Å². The molecule has 0 aliphatic heterocycles. The van der Waals surface area contributed by atoms with Crippen LogP contribution in [-0.2, 0) is 9.59 Å². The first-order chi connectivity index (χ1) is 17.6. The molecule has 2 N–H and O–H groups in total. The molecule has 0 atom stereocenters. The fraction of sp³-hybridized carbons (Fsp3) is 0.533. The molecule has 2 aromatic rings. The van der Waals surface area contributed by atoms with E-state index in [1.54, 1.807) is 48.5 Å². The maximum atomic E-state index is 12.3. The van der Waals surface area contributed by atoms with E-state index >= 15 is 0 Å². The molecule has 0 unspecified atom stereocenters. The molecule has 0 spiro atoms. The highest BCUT2D eigenvalue weighted by atomic mass is 16.5. The maximum absolute atomic E-state index is 12.3. The van der Waals surface area contributed by atoms with Crippen molar-refractivity contribution in [2.75, 3.05) is 23.8 Å². The van der Waals surface area contributed by atoms with E-state index in [0.29, 0.717) is 24.6 Å². The van der Waals surface area contributed by atoms with Crippen molar-refractivity contribution in [2.24, 2.45) is 0 Å².